The van der Waals surface area contributed by atoms with E-state index in [4.69, 9.17) is 10.5 Å². The zero-order valence-electron chi connectivity index (χ0n) is 24.6. The van der Waals surface area contributed by atoms with Crippen LogP contribution in [0.2, 0.25) is 0 Å². The summed E-state index contributed by atoms with van der Waals surface area (Å²) in [6.45, 7) is 5.99. The number of rotatable bonds is 4. The molecule has 1 atom stereocenters. The second-order valence-corrected chi connectivity index (χ2v) is 11.3. The summed E-state index contributed by atoms with van der Waals surface area (Å²) in [6, 6.07) is 6.32. The first-order chi connectivity index (χ1) is 20.6. The molecular formula is C31H32F4N6O3. The molecule has 0 radical (unpaired) electrons. The van der Waals surface area contributed by atoms with Crippen molar-refractivity contribution in [3.05, 3.63) is 76.9 Å². The third-order valence-electron chi connectivity index (χ3n) is 6.77. The highest BCUT2D eigenvalue weighted by Gasteiger charge is 2.34. The van der Waals surface area contributed by atoms with Crippen molar-refractivity contribution >= 4 is 29.3 Å². The van der Waals surface area contributed by atoms with Crippen LogP contribution >= 0.6 is 0 Å². The molecule has 1 aromatic heterocycles. The first-order valence-electron chi connectivity index (χ1n) is 13.7. The van der Waals surface area contributed by atoms with Gasteiger partial charge in [0.25, 0.3) is 5.91 Å². The van der Waals surface area contributed by atoms with Crippen molar-refractivity contribution in [3.63, 3.8) is 0 Å². The van der Waals surface area contributed by atoms with E-state index >= 15 is 0 Å². The minimum absolute atomic E-state index is 0.0698. The minimum atomic E-state index is -4.69. The molecule has 1 aliphatic heterocycles. The largest absolute Gasteiger partial charge is 0.444 e. The molecule has 4 rings (SSSR count). The Bertz CT molecular complexity index is 1590. The molecular weight excluding hydrogens is 580 g/mol. The van der Waals surface area contributed by atoms with Gasteiger partial charge in [0.2, 0.25) is 5.95 Å². The van der Waals surface area contributed by atoms with Crippen LogP contribution in [0.3, 0.4) is 0 Å². The molecule has 232 valence electrons. The molecule has 0 bridgehead atoms. The van der Waals surface area contributed by atoms with Gasteiger partial charge in [0, 0.05) is 38.1 Å². The normalized spacial score (nSPS) is 15.2. The highest BCUT2D eigenvalue weighted by molar-refractivity contribution is 6.06. The number of aromatic nitrogens is 2. The molecule has 0 saturated carbocycles. The lowest BCUT2D eigenvalue weighted by Crippen LogP contribution is -2.50. The second-order valence-electron chi connectivity index (χ2n) is 11.3. The van der Waals surface area contributed by atoms with Gasteiger partial charge in [0.1, 0.15) is 11.4 Å². The van der Waals surface area contributed by atoms with Crippen LogP contribution in [-0.4, -0.2) is 58.6 Å². The van der Waals surface area contributed by atoms with Crippen molar-refractivity contribution in [1.29, 1.82) is 0 Å². The fourth-order valence-electron chi connectivity index (χ4n) is 4.57. The summed E-state index contributed by atoms with van der Waals surface area (Å²) in [5.74, 6) is 3.79. The SMILES string of the molecule is CN(C(=O)OC(C)(C)C)C1CCCN(c2ccc(C(F)(F)F)cc2NC(=O)c2cc(C#Cc3cnc(N)nc3)ccc2F)C1. The highest BCUT2D eigenvalue weighted by Crippen LogP contribution is 2.37. The molecule has 3 aromatic rings. The number of carbonyl (C=O) groups excluding carboxylic acids is 2. The lowest BCUT2D eigenvalue weighted by molar-refractivity contribution is -0.137. The maximum absolute atomic E-state index is 14.8. The molecule has 2 aromatic carbocycles. The van der Waals surface area contributed by atoms with Gasteiger partial charge in [-0.3, -0.25) is 4.79 Å². The monoisotopic (exact) mass is 612 g/mol. The maximum atomic E-state index is 14.8. The Labute approximate surface area is 252 Å². The quantitative estimate of drug-likeness (QED) is 0.287. The van der Waals surface area contributed by atoms with Crippen LogP contribution in [0, 0.1) is 17.7 Å². The Hall–Kier alpha value is -4.86. The predicted octanol–water partition coefficient (Wildman–Crippen LogP) is 5.70. The van der Waals surface area contributed by atoms with Crippen molar-refractivity contribution in [2.45, 2.75) is 51.4 Å². The average molecular weight is 613 g/mol. The lowest BCUT2D eigenvalue weighted by Gasteiger charge is -2.39. The Morgan fingerprint density at radius 3 is 2.41 bits per heavy atom. The topological polar surface area (TPSA) is 114 Å². The number of halogens is 4. The van der Waals surface area contributed by atoms with Gasteiger partial charge in [0.15, 0.2) is 0 Å². The molecule has 9 nitrogen and oxygen atoms in total. The van der Waals surface area contributed by atoms with Gasteiger partial charge in [-0.2, -0.15) is 13.2 Å². The Morgan fingerprint density at radius 2 is 1.75 bits per heavy atom. The number of piperidine rings is 1. The Morgan fingerprint density at radius 1 is 1.07 bits per heavy atom. The molecule has 2 heterocycles. The van der Waals surface area contributed by atoms with E-state index in [9.17, 15) is 27.2 Å². The summed E-state index contributed by atoms with van der Waals surface area (Å²) < 4.78 is 61.3. The number of benzene rings is 2. The maximum Gasteiger partial charge on any atom is 0.416 e. The number of carbonyl (C=O) groups is 2. The van der Waals surface area contributed by atoms with Gasteiger partial charge < -0.3 is 25.6 Å². The number of anilines is 3. The van der Waals surface area contributed by atoms with E-state index in [2.05, 4.69) is 27.1 Å². The van der Waals surface area contributed by atoms with E-state index < -0.39 is 40.7 Å². The fourth-order valence-corrected chi connectivity index (χ4v) is 4.57. The number of nitrogens with one attached hydrogen (secondary N) is 1. The van der Waals surface area contributed by atoms with Crippen LogP contribution in [0.5, 0.6) is 0 Å². The first-order valence-corrected chi connectivity index (χ1v) is 13.7. The molecule has 2 amide bonds. The minimum Gasteiger partial charge on any atom is -0.444 e. The van der Waals surface area contributed by atoms with E-state index in [0.717, 1.165) is 18.2 Å². The van der Waals surface area contributed by atoms with Gasteiger partial charge in [0.05, 0.1) is 34.1 Å². The number of nitrogens with two attached hydrogens (primary N) is 1. The first kappa shape index (κ1) is 32.1. The highest BCUT2D eigenvalue weighted by atomic mass is 19.4. The summed E-state index contributed by atoms with van der Waals surface area (Å²) in [7, 11) is 1.61. The van der Waals surface area contributed by atoms with Crippen molar-refractivity contribution in [2.75, 3.05) is 36.1 Å². The smallest absolute Gasteiger partial charge is 0.416 e. The van der Waals surface area contributed by atoms with Gasteiger partial charge in [-0.05, 0) is 70.0 Å². The van der Waals surface area contributed by atoms with Crippen LogP contribution in [-0.2, 0) is 10.9 Å². The van der Waals surface area contributed by atoms with Crippen molar-refractivity contribution in [1.82, 2.24) is 14.9 Å². The number of hydrogen-bond acceptors (Lipinski definition) is 7. The number of likely N-dealkylation sites (N-methyl/N-ethyl adjacent to an activating group) is 1. The van der Waals surface area contributed by atoms with Crippen LogP contribution in [0.1, 0.15) is 60.7 Å². The van der Waals surface area contributed by atoms with Gasteiger partial charge in [-0.15, -0.1) is 0 Å². The summed E-state index contributed by atoms with van der Waals surface area (Å²) >= 11 is 0. The number of alkyl halides is 3. The molecule has 1 unspecified atom stereocenters. The van der Waals surface area contributed by atoms with E-state index in [1.54, 1.807) is 32.7 Å². The van der Waals surface area contributed by atoms with E-state index in [1.807, 2.05) is 0 Å². The standard InChI is InChI=1S/C31H32F4N6O3/c1-30(2,3)44-29(43)40(4)22-6-5-13-41(18-22)26-12-10-21(31(33,34)35)15-25(26)39-27(42)23-14-19(9-11-24(23)32)7-8-20-16-37-28(36)38-17-20/h9-12,14-17,22H,5-6,13,18H2,1-4H3,(H,39,42)(H2,36,37,38). The summed E-state index contributed by atoms with van der Waals surface area (Å²) in [5.41, 5.74) is 4.23. The molecule has 13 heteroatoms. The summed E-state index contributed by atoms with van der Waals surface area (Å²) in [6.07, 6.45) is -1.13. The van der Waals surface area contributed by atoms with E-state index in [1.165, 1.54) is 35.5 Å². The molecule has 1 saturated heterocycles. The molecule has 3 N–H and O–H groups in total. The summed E-state index contributed by atoms with van der Waals surface area (Å²) in [5, 5.41) is 2.47. The van der Waals surface area contributed by atoms with Crippen LogP contribution in [0.4, 0.5) is 39.7 Å². The second kappa shape index (κ2) is 12.8. The third kappa shape index (κ3) is 8.15. The zero-order chi connectivity index (χ0) is 32.2. The number of nitrogens with zero attached hydrogens (tertiary/aromatic N) is 4. The van der Waals surface area contributed by atoms with Crippen molar-refractivity contribution in [3.8, 4) is 11.8 Å². The lowest BCUT2D eigenvalue weighted by atomic mass is 10.0. The van der Waals surface area contributed by atoms with Crippen LogP contribution in [0.15, 0.2) is 48.8 Å². The molecule has 44 heavy (non-hydrogen) atoms. The van der Waals surface area contributed by atoms with Crippen LogP contribution in [0.25, 0.3) is 0 Å². The number of amides is 2. The van der Waals surface area contributed by atoms with E-state index in [0.29, 0.717) is 30.6 Å². The van der Waals surface area contributed by atoms with Gasteiger partial charge in [-0.1, -0.05) is 11.8 Å². The molecule has 1 fully saturated rings. The Kier molecular flexibility index (Phi) is 9.32. The molecule has 1 aliphatic rings. The average Bonchev–Trinajstić information content (AvgIpc) is 2.95. The third-order valence-corrected chi connectivity index (χ3v) is 6.77. The number of ether oxygens (including phenoxy) is 1. The predicted molar refractivity (Wildman–Crippen MR) is 157 cm³/mol. The Balaban J connectivity index is 1.61. The fraction of sp³-hybridized carbons (Fsp3) is 0.355. The summed E-state index contributed by atoms with van der Waals surface area (Å²) in [4.78, 5) is 36.9. The molecule has 0 spiro atoms. The number of hydrogen-bond donors (Lipinski definition) is 2. The number of nitrogen functional groups attached to an aromatic ring is 1. The van der Waals surface area contributed by atoms with Gasteiger partial charge in [-0.25, -0.2) is 19.2 Å². The van der Waals surface area contributed by atoms with E-state index in [-0.39, 0.29) is 29.8 Å². The van der Waals surface area contributed by atoms with Crippen molar-refractivity contribution in [2.24, 2.45) is 0 Å². The van der Waals surface area contributed by atoms with Gasteiger partial charge >= 0.3 is 12.3 Å². The zero-order valence-corrected chi connectivity index (χ0v) is 24.6. The molecule has 0 aliphatic carbocycles. The van der Waals surface area contributed by atoms with Crippen molar-refractivity contribution < 1.29 is 31.9 Å². The van der Waals surface area contributed by atoms with Crippen LogP contribution < -0.4 is 16.0 Å².